The molecule has 5 aliphatic rings. The van der Waals surface area contributed by atoms with Gasteiger partial charge in [0.1, 0.15) is 12.0 Å². The van der Waals surface area contributed by atoms with E-state index >= 15 is 8.78 Å². The van der Waals surface area contributed by atoms with Crippen LogP contribution in [0.25, 0.3) is 0 Å². The maximum Gasteiger partial charge on any atom is 0.185 e. The molecule has 6 rings (SSSR count). The van der Waals surface area contributed by atoms with Crippen molar-refractivity contribution in [2.75, 3.05) is 0 Å². The average molecular weight is 559 g/mol. The van der Waals surface area contributed by atoms with Gasteiger partial charge in [0.15, 0.2) is 29.1 Å². The van der Waals surface area contributed by atoms with Crippen molar-refractivity contribution in [3.05, 3.63) is 59.4 Å². The first-order chi connectivity index (χ1) is 18.6. The van der Waals surface area contributed by atoms with Crippen LogP contribution in [0.1, 0.15) is 72.2 Å². The summed E-state index contributed by atoms with van der Waals surface area (Å²) in [5, 5.41) is 11.7. The minimum absolute atomic E-state index is 0.0526. The summed E-state index contributed by atoms with van der Waals surface area (Å²) < 4.78 is 60.5. The standard InChI is InChI=1S/C32H37F3O5/c1-28(2,3)15-25(38)32-26(39-27(40-32)17-7-6-8-18(33)11-17)14-20-21-13-23(34)22-12-19(36)9-10-29(22,4)31(21,35)24(37)16-30(20,32)5/h6-12,20-21,23-24,26-27,37H,13-16H2,1-5H3/t20-,21-,23-,24-,26+,27+,29-,30-,31-,32+/m0/s1. The Balaban J connectivity index is 1.46. The van der Waals surface area contributed by atoms with Crippen molar-refractivity contribution in [2.45, 2.75) is 96.2 Å². The van der Waals surface area contributed by atoms with Crippen molar-refractivity contribution in [2.24, 2.45) is 28.1 Å². The molecular weight excluding hydrogens is 521 g/mol. The highest BCUT2D eigenvalue weighted by molar-refractivity contribution is 6.01. The number of carbonyl (C=O) groups excluding carboxylic acids is 2. The molecule has 4 aliphatic carbocycles. The van der Waals surface area contributed by atoms with Gasteiger partial charge in [0.25, 0.3) is 0 Å². The van der Waals surface area contributed by atoms with Crippen LogP contribution in [0.2, 0.25) is 0 Å². The Bertz CT molecular complexity index is 1330. The van der Waals surface area contributed by atoms with Crippen molar-refractivity contribution >= 4 is 11.6 Å². The lowest BCUT2D eigenvalue weighted by molar-refractivity contribution is -0.235. The molecule has 4 fully saturated rings. The van der Waals surface area contributed by atoms with Crippen LogP contribution in [0.3, 0.4) is 0 Å². The van der Waals surface area contributed by atoms with E-state index in [1.807, 2.05) is 27.7 Å². The second kappa shape index (κ2) is 8.62. The van der Waals surface area contributed by atoms with Crippen LogP contribution in [-0.2, 0) is 19.1 Å². The normalized spacial score (nSPS) is 45.8. The molecule has 0 amide bonds. The third-order valence-corrected chi connectivity index (χ3v) is 10.6. The number of hydrogen-bond donors (Lipinski definition) is 1. The van der Waals surface area contributed by atoms with E-state index in [9.17, 15) is 19.1 Å². The van der Waals surface area contributed by atoms with Crippen molar-refractivity contribution in [3.8, 4) is 0 Å². The smallest absolute Gasteiger partial charge is 0.185 e. The van der Waals surface area contributed by atoms with Gasteiger partial charge in [-0.15, -0.1) is 0 Å². The predicted octanol–water partition coefficient (Wildman–Crippen LogP) is 5.91. The maximum atomic E-state index is 17.6. The molecular formula is C32H37F3O5. The summed E-state index contributed by atoms with van der Waals surface area (Å²) in [4.78, 5) is 26.4. The number of Topliss-reactive ketones (excluding diaryl/α,β-unsaturated/α-hetero) is 1. The molecule has 5 nitrogen and oxygen atoms in total. The van der Waals surface area contributed by atoms with Gasteiger partial charge in [-0.25, -0.2) is 13.2 Å². The van der Waals surface area contributed by atoms with Crippen molar-refractivity contribution in [1.82, 2.24) is 0 Å². The first-order valence-corrected chi connectivity index (χ1v) is 14.2. The fraction of sp³-hybridized carbons (Fsp3) is 0.625. The summed E-state index contributed by atoms with van der Waals surface area (Å²) in [6, 6.07) is 5.82. The molecule has 10 atom stereocenters. The molecule has 216 valence electrons. The molecule has 1 saturated heterocycles. The van der Waals surface area contributed by atoms with E-state index in [0.29, 0.717) is 5.56 Å². The average Bonchev–Trinajstić information content (AvgIpc) is 3.35. The van der Waals surface area contributed by atoms with Crippen LogP contribution >= 0.6 is 0 Å². The lowest BCUT2D eigenvalue weighted by Crippen LogP contribution is -2.70. The van der Waals surface area contributed by atoms with Gasteiger partial charge in [-0.1, -0.05) is 45.9 Å². The van der Waals surface area contributed by atoms with Gasteiger partial charge in [-0.05, 0) is 67.4 Å². The third-order valence-electron chi connectivity index (χ3n) is 10.6. The number of hydrogen-bond acceptors (Lipinski definition) is 5. The molecule has 40 heavy (non-hydrogen) atoms. The van der Waals surface area contributed by atoms with Crippen LogP contribution in [0.5, 0.6) is 0 Å². The van der Waals surface area contributed by atoms with E-state index in [1.54, 1.807) is 19.1 Å². The van der Waals surface area contributed by atoms with Crippen LogP contribution in [0, 0.1) is 33.9 Å². The summed E-state index contributed by atoms with van der Waals surface area (Å²) in [7, 11) is 0. The van der Waals surface area contributed by atoms with Gasteiger partial charge in [-0.2, -0.15) is 0 Å². The highest BCUT2D eigenvalue weighted by Gasteiger charge is 2.80. The molecule has 0 radical (unpaired) electrons. The second-order valence-corrected chi connectivity index (χ2v) is 14.1. The molecule has 0 bridgehead atoms. The first-order valence-electron chi connectivity index (χ1n) is 14.2. The van der Waals surface area contributed by atoms with Gasteiger partial charge in [0.2, 0.25) is 0 Å². The largest absolute Gasteiger partial charge is 0.390 e. The second-order valence-electron chi connectivity index (χ2n) is 14.1. The SMILES string of the molecule is CC(C)(C)CC(=O)[C@@]12O[C@H](c3cccc(F)c3)O[C@@H]1C[C@H]1[C@@H]3C[C@H](F)C4=CC(=O)C=C[C@]4(C)[C@@]3(F)[C@@H](O)C[C@@]12C. The Labute approximate surface area is 232 Å². The van der Waals surface area contributed by atoms with Crippen LogP contribution in [-0.4, -0.2) is 46.3 Å². The maximum absolute atomic E-state index is 17.6. The number of carbonyl (C=O) groups is 2. The molecule has 1 N–H and O–H groups in total. The van der Waals surface area contributed by atoms with Gasteiger partial charge in [-0.3, -0.25) is 9.59 Å². The van der Waals surface area contributed by atoms with Crippen molar-refractivity contribution < 1.29 is 37.3 Å². The van der Waals surface area contributed by atoms with Gasteiger partial charge in [0.05, 0.1) is 12.2 Å². The Kier molecular flexibility index (Phi) is 6.00. The zero-order valence-corrected chi connectivity index (χ0v) is 23.5. The summed E-state index contributed by atoms with van der Waals surface area (Å²) in [6.07, 6.45) is -1.10. The number of rotatable bonds is 3. The molecule has 0 spiro atoms. The lowest BCUT2D eigenvalue weighted by atomic mass is 9.44. The minimum Gasteiger partial charge on any atom is -0.390 e. The number of aliphatic hydroxyl groups excluding tert-OH is 1. The highest BCUT2D eigenvalue weighted by atomic mass is 19.1. The van der Waals surface area contributed by atoms with Gasteiger partial charge < -0.3 is 14.6 Å². The lowest BCUT2D eigenvalue weighted by Gasteiger charge is -2.63. The molecule has 0 aromatic heterocycles. The van der Waals surface area contributed by atoms with E-state index in [1.165, 1.54) is 24.3 Å². The fourth-order valence-electron chi connectivity index (χ4n) is 8.86. The Morgan fingerprint density at radius 1 is 1.18 bits per heavy atom. The van der Waals surface area contributed by atoms with E-state index in [2.05, 4.69) is 0 Å². The molecule has 0 unspecified atom stereocenters. The topological polar surface area (TPSA) is 72.8 Å². The summed E-state index contributed by atoms with van der Waals surface area (Å²) in [5.41, 5.74) is -6.33. The highest BCUT2D eigenvalue weighted by Crippen LogP contribution is 2.73. The molecule has 1 aromatic rings. The predicted molar refractivity (Wildman–Crippen MR) is 141 cm³/mol. The van der Waals surface area contributed by atoms with E-state index < -0.39 is 75.6 Å². The number of fused-ring (bicyclic) bond motifs is 7. The van der Waals surface area contributed by atoms with Gasteiger partial charge in [0, 0.05) is 28.7 Å². The molecule has 1 aliphatic heterocycles. The Hall–Kier alpha value is -2.29. The zero-order valence-electron chi connectivity index (χ0n) is 23.5. The van der Waals surface area contributed by atoms with Crippen LogP contribution in [0.15, 0.2) is 48.1 Å². The van der Waals surface area contributed by atoms with Crippen molar-refractivity contribution in [1.29, 1.82) is 0 Å². The monoisotopic (exact) mass is 558 g/mol. The minimum atomic E-state index is -2.27. The number of alkyl halides is 2. The Morgan fingerprint density at radius 3 is 2.58 bits per heavy atom. The number of ketones is 2. The molecule has 8 heteroatoms. The quantitative estimate of drug-likeness (QED) is 0.499. The summed E-state index contributed by atoms with van der Waals surface area (Å²) >= 11 is 0. The Morgan fingerprint density at radius 2 is 1.90 bits per heavy atom. The van der Waals surface area contributed by atoms with Crippen LogP contribution in [0.4, 0.5) is 13.2 Å². The van der Waals surface area contributed by atoms with E-state index in [-0.39, 0.29) is 37.0 Å². The third kappa shape index (κ3) is 3.51. The molecule has 1 heterocycles. The van der Waals surface area contributed by atoms with Gasteiger partial charge >= 0.3 is 0 Å². The molecule has 1 aromatic carbocycles. The fourth-order valence-corrected chi connectivity index (χ4v) is 8.86. The first kappa shape index (κ1) is 27.9. The summed E-state index contributed by atoms with van der Waals surface area (Å²) in [6.45, 7) is 9.20. The zero-order chi connectivity index (χ0) is 29.0. The number of aliphatic hydroxyl groups is 1. The number of ether oxygens (including phenoxy) is 2. The number of benzene rings is 1. The number of allylic oxidation sites excluding steroid dienone is 4. The number of halogens is 3. The van der Waals surface area contributed by atoms with E-state index in [4.69, 9.17) is 9.47 Å². The van der Waals surface area contributed by atoms with E-state index in [0.717, 1.165) is 6.08 Å². The van der Waals surface area contributed by atoms with Crippen LogP contribution < -0.4 is 0 Å². The summed E-state index contributed by atoms with van der Waals surface area (Å²) in [5.74, 6) is -2.59. The van der Waals surface area contributed by atoms with Crippen molar-refractivity contribution in [3.63, 3.8) is 0 Å². The molecule has 3 saturated carbocycles.